The molecule has 2 heterocycles. The van der Waals surface area contributed by atoms with E-state index in [1.165, 1.54) is 0 Å². The van der Waals surface area contributed by atoms with Gasteiger partial charge in [-0.05, 0) is 50.5 Å². The molecule has 0 radical (unpaired) electrons. The molecule has 38 heavy (non-hydrogen) atoms. The summed E-state index contributed by atoms with van der Waals surface area (Å²) in [5.41, 5.74) is 11.5. The van der Waals surface area contributed by atoms with Crippen molar-refractivity contribution in [1.82, 2.24) is 0 Å². The minimum atomic E-state index is -0.609. The van der Waals surface area contributed by atoms with E-state index in [0.29, 0.717) is 34.8 Å². The van der Waals surface area contributed by atoms with Crippen molar-refractivity contribution in [3.63, 3.8) is 0 Å². The average Bonchev–Trinajstić information content (AvgIpc) is 3.25. The van der Waals surface area contributed by atoms with Crippen LogP contribution in [0.1, 0.15) is 57.6 Å². The van der Waals surface area contributed by atoms with E-state index < -0.39 is 11.9 Å². The van der Waals surface area contributed by atoms with Gasteiger partial charge in [-0.3, -0.25) is 0 Å². The third kappa shape index (κ3) is 4.24. The Bertz CT molecular complexity index is 1640. The smallest absolute Gasteiger partial charge is 0.379 e. The average molecular weight is 509 g/mol. The van der Waals surface area contributed by atoms with Crippen LogP contribution >= 0.6 is 0 Å². The number of hydrogen-bond donors (Lipinski definition) is 1. The van der Waals surface area contributed by atoms with E-state index in [0.717, 1.165) is 34.1 Å². The molecule has 1 unspecified atom stereocenters. The van der Waals surface area contributed by atoms with Gasteiger partial charge in [0, 0.05) is 28.1 Å². The lowest BCUT2D eigenvalue weighted by Crippen LogP contribution is -2.21. The number of carbonyl (C=O) groups excluding carboxylic acids is 1. The molecule has 1 atom stereocenters. The van der Waals surface area contributed by atoms with Crippen LogP contribution in [-0.2, 0) is 0 Å². The van der Waals surface area contributed by atoms with E-state index in [2.05, 4.69) is 6.07 Å². The second-order valence-corrected chi connectivity index (χ2v) is 9.34. The van der Waals surface area contributed by atoms with E-state index in [4.69, 9.17) is 24.4 Å². The molecule has 0 saturated heterocycles. The van der Waals surface area contributed by atoms with Crippen LogP contribution in [0.3, 0.4) is 0 Å². The number of hydrogen-bond acceptors (Lipinski definition) is 7. The summed E-state index contributed by atoms with van der Waals surface area (Å²) in [6.07, 6.45) is 0.848. The third-order valence-electron chi connectivity index (χ3n) is 6.90. The predicted octanol–water partition coefficient (Wildman–Crippen LogP) is 6.58. The molecular weight excluding hydrogens is 480 g/mol. The van der Waals surface area contributed by atoms with Gasteiger partial charge in [-0.25, -0.2) is 4.79 Å². The molecule has 0 amide bonds. The number of nitriles is 1. The van der Waals surface area contributed by atoms with Crippen LogP contribution in [-0.4, -0.2) is 12.6 Å². The van der Waals surface area contributed by atoms with Gasteiger partial charge in [0.1, 0.15) is 34.5 Å². The number of furan rings is 1. The number of ether oxygens (including phenoxy) is 3. The minimum Gasteiger partial charge on any atom is -0.493 e. The third-order valence-corrected chi connectivity index (χ3v) is 6.90. The fourth-order valence-corrected chi connectivity index (χ4v) is 4.75. The van der Waals surface area contributed by atoms with Crippen molar-refractivity contribution in [2.45, 2.75) is 40.0 Å². The van der Waals surface area contributed by atoms with Crippen LogP contribution in [0.25, 0.3) is 11.0 Å². The molecule has 1 aliphatic heterocycles. The van der Waals surface area contributed by atoms with Crippen molar-refractivity contribution < 1.29 is 23.4 Å². The van der Waals surface area contributed by atoms with Crippen LogP contribution in [0.15, 0.2) is 70.5 Å². The van der Waals surface area contributed by atoms with Crippen LogP contribution in [0.2, 0.25) is 0 Å². The number of benzene rings is 3. The number of esters is 1. The van der Waals surface area contributed by atoms with Gasteiger partial charge in [-0.1, -0.05) is 43.3 Å². The number of nitrogens with two attached hydrogens (primary N) is 1. The van der Waals surface area contributed by atoms with Gasteiger partial charge in [0.2, 0.25) is 11.6 Å². The van der Waals surface area contributed by atoms with Gasteiger partial charge in [0.25, 0.3) is 0 Å². The fraction of sp³-hybridized carbons (Fsp3) is 0.226. The van der Waals surface area contributed by atoms with Gasteiger partial charge >= 0.3 is 5.97 Å². The van der Waals surface area contributed by atoms with Gasteiger partial charge < -0.3 is 24.4 Å². The molecule has 1 aromatic heterocycles. The minimum absolute atomic E-state index is 0.00209. The maximum Gasteiger partial charge on any atom is 0.379 e. The molecule has 4 aromatic rings. The standard InChI is InChI=1S/C31H28N2O5/c1-5-14-35-25-9-7-6-8-22(25)27-23-13-11-20(15-26(23)37-30(33)24(27)16-32)36-31(34)29-19(4)21-12-10-17(2)18(3)28(21)38-29/h6-13,15,27H,5,14,33H2,1-4H3. The predicted molar refractivity (Wildman–Crippen MR) is 143 cm³/mol. The second kappa shape index (κ2) is 9.98. The molecule has 2 N–H and O–H groups in total. The molecule has 3 aromatic carbocycles. The van der Waals surface area contributed by atoms with E-state index in [-0.39, 0.29) is 17.4 Å². The van der Waals surface area contributed by atoms with Crippen molar-refractivity contribution in [3.8, 4) is 23.3 Å². The van der Waals surface area contributed by atoms with E-state index >= 15 is 0 Å². The number of rotatable bonds is 6. The molecule has 7 nitrogen and oxygen atoms in total. The lowest BCUT2D eigenvalue weighted by Gasteiger charge is -2.28. The zero-order chi connectivity index (χ0) is 27.0. The van der Waals surface area contributed by atoms with Crippen LogP contribution in [0.4, 0.5) is 0 Å². The van der Waals surface area contributed by atoms with E-state index in [1.54, 1.807) is 18.2 Å². The molecule has 192 valence electrons. The molecule has 0 saturated carbocycles. The Morgan fingerprint density at radius 2 is 1.84 bits per heavy atom. The van der Waals surface area contributed by atoms with Crippen molar-refractivity contribution in [2.24, 2.45) is 5.73 Å². The van der Waals surface area contributed by atoms with Crippen molar-refractivity contribution >= 4 is 16.9 Å². The first-order valence-electron chi connectivity index (χ1n) is 12.5. The molecule has 0 aliphatic carbocycles. The first-order valence-corrected chi connectivity index (χ1v) is 12.5. The van der Waals surface area contributed by atoms with Gasteiger partial charge in [-0.2, -0.15) is 5.26 Å². The van der Waals surface area contributed by atoms with E-state index in [9.17, 15) is 10.1 Å². The highest BCUT2D eigenvalue weighted by molar-refractivity contribution is 5.98. The topological polar surface area (TPSA) is 108 Å². The SMILES string of the molecule is CCCOc1ccccc1C1C(C#N)=C(N)Oc2cc(OC(=O)c3oc4c(C)c(C)ccc4c3C)ccc21. The quantitative estimate of drug-likeness (QED) is 0.231. The maximum atomic E-state index is 13.1. The lowest BCUT2D eigenvalue weighted by molar-refractivity contribution is 0.0702. The molecular formula is C31H28N2O5. The Labute approximate surface area is 221 Å². The zero-order valence-corrected chi connectivity index (χ0v) is 21.8. The molecule has 0 spiro atoms. The maximum absolute atomic E-state index is 13.1. The van der Waals surface area contributed by atoms with Gasteiger partial charge in [0.05, 0.1) is 12.5 Å². The summed E-state index contributed by atoms with van der Waals surface area (Å²) in [6.45, 7) is 8.37. The summed E-state index contributed by atoms with van der Waals surface area (Å²) in [7, 11) is 0. The largest absolute Gasteiger partial charge is 0.493 e. The fourth-order valence-electron chi connectivity index (χ4n) is 4.75. The van der Waals surface area contributed by atoms with Crippen LogP contribution in [0.5, 0.6) is 17.2 Å². The van der Waals surface area contributed by atoms with Crippen molar-refractivity contribution in [2.75, 3.05) is 6.61 Å². The summed E-state index contributed by atoms with van der Waals surface area (Å²) in [4.78, 5) is 13.1. The Kier molecular flexibility index (Phi) is 6.56. The lowest BCUT2D eigenvalue weighted by atomic mass is 9.83. The second-order valence-electron chi connectivity index (χ2n) is 9.34. The van der Waals surface area contributed by atoms with Crippen molar-refractivity contribution in [3.05, 3.63) is 99.6 Å². The van der Waals surface area contributed by atoms with Crippen LogP contribution in [0, 0.1) is 32.1 Å². The number of para-hydroxylation sites is 1. The number of allylic oxidation sites excluding steroid dienone is 1. The zero-order valence-electron chi connectivity index (χ0n) is 21.8. The highest BCUT2D eigenvalue weighted by atomic mass is 16.5. The molecule has 0 bridgehead atoms. The number of carbonyl (C=O) groups is 1. The Morgan fingerprint density at radius 3 is 2.61 bits per heavy atom. The molecule has 5 rings (SSSR count). The Balaban J connectivity index is 1.50. The highest BCUT2D eigenvalue weighted by Crippen LogP contribution is 2.46. The number of aryl methyl sites for hydroxylation is 3. The summed E-state index contributed by atoms with van der Waals surface area (Å²) in [5, 5.41) is 10.8. The van der Waals surface area contributed by atoms with Gasteiger partial charge in [-0.15, -0.1) is 0 Å². The Morgan fingerprint density at radius 1 is 1.05 bits per heavy atom. The summed E-state index contributed by atoms with van der Waals surface area (Å²) < 4.78 is 23.4. The highest BCUT2D eigenvalue weighted by Gasteiger charge is 2.33. The number of fused-ring (bicyclic) bond motifs is 2. The first-order chi connectivity index (χ1) is 18.3. The van der Waals surface area contributed by atoms with Crippen LogP contribution < -0.4 is 19.9 Å². The summed E-state index contributed by atoms with van der Waals surface area (Å²) in [6, 6.07) is 18.8. The molecule has 0 fully saturated rings. The molecule has 7 heteroatoms. The Hall–Kier alpha value is -4.70. The summed E-state index contributed by atoms with van der Waals surface area (Å²) >= 11 is 0. The summed E-state index contributed by atoms with van der Waals surface area (Å²) in [5.74, 6) is 0.386. The van der Waals surface area contributed by atoms with Gasteiger partial charge in [0.15, 0.2) is 0 Å². The monoisotopic (exact) mass is 508 g/mol. The molecule has 1 aliphatic rings. The number of nitrogens with zero attached hydrogens (tertiary/aromatic N) is 1. The van der Waals surface area contributed by atoms with Crippen molar-refractivity contribution in [1.29, 1.82) is 5.26 Å². The van der Waals surface area contributed by atoms with E-state index in [1.807, 2.05) is 64.1 Å². The first kappa shape index (κ1) is 25.0. The normalized spacial score (nSPS) is 14.6.